The van der Waals surface area contributed by atoms with Gasteiger partial charge in [-0.25, -0.2) is 0 Å². The number of amides is 1. The molecule has 1 N–H and O–H groups in total. The summed E-state index contributed by atoms with van der Waals surface area (Å²) in [7, 11) is 0. The first-order valence-electron chi connectivity index (χ1n) is 7.06. The zero-order valence-corrected chi connectivity index (χ0v) is 13.1. The van der Waals surface area contributed by atoms with Gasteiger partial charge in [0.2, 0.25) is 0 Å². The fraction of sp³-hybridized carbons (Fsp3) is 0.235. The van der Waals surface area contributed by atoms with Gasteiger partial charge in [-0.15, -0.1) is 0 Å². The van der Waals surface area contributed by atoms with E-state index in [0.29, 0.717) is 17.4 Å². The van der Waals surface area contributed by atoms with Crippen LogP contribution in [0.4, 0.5) is 0 Å². The molecule has 3 nitrogen and oxygen atoms in total. The van der Waals surface area contributed by atoms with Gasteiger partial charge in [0.25, 0.3) is 5.91 Å². The molecule has 0 spiro atoms. The van der Waals surface area contributed by atoms with Crippen LogP contribution in [0, 0.1) is 0 Å². The topological polar surface area (TPSA) is 38.3 Å². The van der Waals surface area contributed by atoms with Crippen LogP contribution in [0.5, 0.6) is 11.5 Å². The summed E-state index contributed by atoms with van der Waals surface area (Å²) in [5.74, 6) is 1.46. The quantitative estimate of drug-likeness (QED) is 0.884. The second-order valence-corrected chi connectivity index (χ2v) is 6.01. The zero-order chi connectivity index (χ0) is 14.7. The Morgan fingerprint density at radius 1 is 1.10 bits per heavy atom. The van der Waals surface area contributed by atoms with Crippen LogP contribution in [-0.4, -0.2) is 11.9 Å². The first-order valence-corrected chi connectivity index (χ1v) is 7.85. The number of hydrogen-bond donors (Lipinski definition) is 1. The van der Waals surface area contributed by atoms with Gasteiger partial charge >= 0.3 is 0 Å². The highest BCUT2D eigenvalue weighted by molar-refractivity contribution is 9.10. The van der Waals surface area contributed by atoms with Crippen LogP contribution in [0.2, 0.25) is 0 Å². The highest BCUT2D eigenvalue weighted by Gasteiger charge is 2.19. The highest BCUT2D eigenvalue weighted by Crippen LogP contribution is 2.29. The number of nitrogens with one attached hydrogen (secondary N) is 1. The standard InChI is InChI=1S/C17H16BrNO2/c18-15-6-1-2-7-16(15)21-14-10-8-12(9-11-14)17(20)19-13-4-3-5-13/h1-2,6-11,13H,3-5H2,(H,19,20). The van der Waals surface area contributed by atoms with Crippen molar-refractivity contribution < 1.29 is 9.53 Å². The van der Waals surface area contributed by atoms with Crippen molar-refractivity contribution in [1.29, 1.82) is 0 Å². The van der Waals surface area contributed by atoms with Crippen LogP contribution in [-0.2, 0) is 0 Å². The minimum absolute atomic E-state index is 0.00728. The molecule has 1 saturated carbocycles. The van der Waals surface area contributed by atoms with Gasteiger partial charge in [0, 0.05) is 11.6 Å². The maximum atomic E-state index is 12.0. The highest BCUT2D eigenvalue weighted by atomic mass is 79.9. The summed E-state index contributed by atoms with van der Waals surface area (Å²) >= 11 is 3.44. The predicted molar refractivity (Wildman–Crippen MR) is 85.8 cm³/mol. The Kier molecular flexibility index (Phi) is 4.25. The van der Waals surface area contributed by atoms with Crippen molar-refractivity contribution in [2.75, 3.05) is 0 Å². The van der Waals surface area contributed by atoms with E-state index in [4.69, 9.17) is 4.74 Å². The molecular weight excluding hydrogens is 330 g/mol. The molecule has 0 bridgehead atoms. The maximum absolute atomic E-state index is 12.0. The average molecular weight is 346 g/mol. The van der Waals surface area contributed by atoms with Gasteiger partial charge in [-0.1, -0.05) is 12.1 Å². The number of rotatable bonds is 4. The molecule has 1 fully saturated rings. The Morgan fingerprint density at radius 2 is 1.81 bits per heavy atom. The summed E-state index contributed by atoms with van der Waals surface area (Å²) in [6.45, 7) is 0. The number of carbonyl (C=O) groups excluding carboxylic acids is 1. The van der Waals surface area contributed by atoms with E-state index in [-0.39, 0.29) is 5.91 Å². The second-order valence-electron chi connectivity index (χ2n) is 5.16. The molecule has 0 saturated heterocycles. The van der Waals surface area contributed by atoms with Gasteiger partial charge in [-0.05, 0) is 71.6 Å². The molecule has 21 heavy (non-hydrogen) atoms. The van der Waals surface area contributed by atoms with Gasteiger partial charge in [-0.2, -0.15) is 0 Å². The van der Waals surface area contributed by atoms with Crippen LogP contribution in [0.3, 0.4) is 0 Å². The van der Waals surface area contributed by atoms with Crippen molar-refractivity contribution in [3.05, 3.63) is 58.6 Å². The Balaban J connectivity index is 1.66. The van der Waals surface area contributed by atoms with E-state index in [9.17, 15) is 4.79 Å². The van der Waals surface area contributed by atoms with E-state index in [1.165, 1.54) is 6.42 Å². The number of carbonyl (C=O) groups is 1. The van der Waals surface area contributed by atoms with E-state index < -0.39 is 0 Å². The SMILES string of the molecule is O=C(NC1CCC1)c1ccc(Oc2ccccc2Br)cc1. The fourth-order valence-electron chi connectivity index (χ4n) is 2.15. The van der Waals surface area contributed by atoms with Gasteiger partial charge in [0.1, 0.15) is 11.5 Å². The Morgan fingerprint density at radius 3 is 2.43 bits per heavy atom. The average Bonchev–Trinajstić information content (AvgIpc) is 2.46. The normalized spacial score (nSPS) is 14.3. The van der Waals surface area contributed by atoms with Crippen LogP contribution in [0.15, 0.2) is 53.0 Å². The minimum atomic E-state index is -0.00728. The summed E-state index contributed by atoms with van der Waals surface area (Å²) in [6.07, 6.45) is 3.40. The third-order valence-corrected chi connectivity index (χ3v) is 4.28. The van der Waals surface area contributed by atoms with Crippen molar-refractivity contribution in [3.63, 3.8) is 0 Å². The number of para-hydroxylation sites is 1. The van der Waals surface area contributed by atoms with Crippen LogP contribution in [0.1, 0.15) is 29.6 Å². The first kappa shape index (κ1) is 14.1. The van der Waals surface area contributed by atoms with Gasteiger partial charge in [0.05, 0.1) is 4.47 Å². The largest absolute Gasteiger partial charge is 0.456 e. The van der Waals surface area contributed by atoms with Crippen LogP contribution in [0.25, 0.3) is 0 Å². The molecule has 2 aromatic carbocycles. The summed E-state index contributed by atoms with van der Waals surface area (Å²) in [5, 5.41) is 3.02. The molecule has 2 aromatic rings. The monoisotopic (exact) mass is 345 g/mol. The second kappa shape index (κ2) is 6.31. The summed E-state index contributed by atoms with van der Waals surface area (Å²) in [6, 6.07) is 15.2. The Labute approximate surface area is 132 Å². The van der Waals surface area contributed by atoms with E-state index in [1.54, 1.807) is 12.1 Å². The molecular formula is C17H16BrNO2. The predicted octanol–water partition coefficient (Wildman–Crippen LogP) is 4.52. The summed E-state index contributed by atoms with van der Waals surface area (Å²) < 4.78 is 6.68. The molecule has 3 rings (SSSR count). The Hall–Kier alpha value is -1.81. The molecule has 1 aliphatic carbocycles. The fourth-order valence-corrected chi connectivity index (χ4v) is 2.52. The number of ether oxygens (including phenoxy) is 1. The molecule has 4 heteroatoms. The third-order valence-electron chi connectivity index (χ3n) is 3.62. The van der Waals surface area contributed by atoms with E-state index in [0.717, 1.165) is 23.1 Å². The van der Waals surface area contributed by atoms with Crippen molar-refractivity contribution in [3.8, 4) is 11.5 Å². The molecule has 0 heterocycles. The van der Waals surface area contributed by atoms with Gasteiger partial charge in [0.15, 0.2) is 0 Å². The lowest BCUT2D eigenvalue weighted by Crippen LogP contribution is -2.39. The summed E-state index contributed by atoms with van der Waals surface area (Å²) in [5.41, 5.74) is 0.668. The van der Waals surface area contributed by atoms with Crippen LogP contribution < -0.4 is 10.1 Å². The van der Waals surface area contributed by atoms with E-state index >= 15 is 0 Å². The van der Waals surface area contributed by atoms with Crippen LogP contribution >= 0.6 is 15.9 Å². The van der Waals surface area contributed by atoms with Gasteiger partial charge in [-0.3, -0.25) is 4.79 Å². The summed E-state index contributed by atoms with van der Waals surface area (Å²) in [4.78, 5) is 12.0. The van der Waals surface area contributed by atoms with Crippen molar-refractivity contribution in [2.24, 2.45) is 0 Å². The van der Waals surface area contributed by atoms with Crippen molar-refractivity contribution >= 4 is 21.8 Å². The van der Waals surface area contributed by atoms with Crippen molar-refractivity contribution in [1.82, 2.24) is 5.32 Å². The first-order chi connectivity index (χ1) is 10.2. The number of benzene rings is 2. The molecule has 0 atom stereocenters. The minimum Gasteiger partial charge on any atom is -0.456 e. The molecule has 0 aliphatic heterocycles. The van der Waals surface area contributed by atoms with Gasteiger partial charge < -0.3 is 10.1 Å². The molecule has 1 amide bonds. The van der Waals surface area contributed by atoms with Crippen molar-refractivity contribution in [2.45, 2.75) is 25.3 Å². The third kappa shape index (κ3) is 3.45. The zero-order valence-electron chi connectivity index (χ0n) is 11.5. The van der Waals surface area contributed by atoms with E-state index in [1.807, 2.05) is 36.4 Å². The number of hydrogen-bond acceptors (Lipinski definition) is 2. The molecule has 0 radical (unpaired) electrons. The lowest BCUT2D eigenvalue weighted by atomic mass is 9.93. The number of halogens is 1. The lowest BCUT2D eigenvalue weighted by molar-refractivity contribution is 0.0917. The molecule has 0 unspecified atom stereocenters. The lowest BCUT2D eigenvalue weighted by Gasteiger charge is -2.26. The Bertz CT molecular complexity index is 635. The van der Waals surface area contributed by atoms with E-state index in [2.05, 4.69) is 21.2 Å². The molecule has 1 aliphatic rings. The maximum Gasteiger partial charge on any atom is 0.251 e. The smallest absolute Gasteiger partial charge is 0.251 e. The molecule has 108 valence electrons. The molecule has 0 aromatic heterocycles.